The fourth-order valence-electron chi connectivity index (χ4n) is 0.495. The van der Waals surface area contributed by atoms with Crippen LogP contribution in [0, 0.1) is 0 Å². The van der Waals surface area contributed by atoms with Crippen molar-refractivity contribution in [1.82, 2.24) is 0 Å². The van der Waals surface area contributed by atoms with Crippen molar-refractivity contribution in [2.24, 2.45) is 0 Å². The van der Waals surface area contributed by atoms with Gasteiger partial charge in [0.2, 0.25) is 0 Å². The van der Waals surface area contributed by atoms with Crippen molar-refractivity contribution in [3.05, 3.63) is 12.2 Å². The van der Waals surface area contributed by atoms with Gasteiger partial charge in [-0.25, -0.2) is 4.79 Å². The topological polar surface area (TPSA) is 26.3 Å². The predicted octanol–water partition coefficient (Wildman–Crippen LogP) is 1.76. The highest BCUT2D eigenvalue weighted by atomic mass is 19.3. The molecule has 0 amide bonds. The van der Waals surface area contributed by atoms with E-state index in [1.165, 1.54) is 6.92 Å². The van der Waals surface area contributed by atoms with Crippen molar-refractivity contribution in [1.29, 1.82) is 0 Å². The molecule has 0 rings (SSSR count). The van der Waals surface area contributed by atoms with Gasteiger partial charge in [0, 0.05) is 5.57 Å². The first kappa shape index (κ1) is 10.1. The number of alkyl halides is 2. The minimum Gasteiger partial charge on any atom is -0.464 e. The second-order valence-electron chi connectivity index (χ2n) is 2.02. The number of halogens is 2. The van der Waals surface area contributed by atoms with E-state index in [9.17, 15) is 13.6 Å². The normalized spacial score (nSPS) is 10.9. The Labute approximate surface area is 63.8 Å². The number of ether oxygens (including phenoxy) is 1. The Morgan fingerprint density at radius 2 is 2.09 bits per heavy atom. The van der Waals surface area contributed by atoms with Gasteiger partial charge in [0.25, 0.3) is 0 Å². The zero-order valence-corrected chi connectivity index (χ0v) is 6.49. The lowest BCUT2D eigenvalue weighted by Crippen LogP contribution is -2.31. The zero-order valence-electron chi connectivity index (χ0n) is 6.49. The molecule has 0 radical (unpaired) electrons. The number of rotatable bonds is 3. The molecule has 0 aliphatic heterocycles. The monoisotopic (exact) mass is 164 g/mol. The quantitative estimate of drug-likeness (QED) is 0.469. The van der Waals surface area contributed by atoms with E-state index in [2.05, 4.69) is 11.3 Å². The Kier molecular flexibility index (Phi) is 3.17. The SMILES string of the molecule is C=C(CC)C(F)(F)C(=O)OC. The first-order valence-corrected chi connectivity index (χ1v) is 3.11. The van der Waals surface area contributed by atoms with Crippen LogP contribution in [0.5, 0.6) is 0 Å². The van der Waals surface area contributed by atoms with Crippen molar-refractivity contribution in [2.75, 3.05) is 7.11 Å². The van der Waals surface area contributed by atoms with Crippen LogP contribution in [-0.4, -0.2) is 19.0 Å². The largest absolute Gasteiger partial charge is 0.464 e. The molecular formula is C7H10F2O2. The van der Waals surface area contributed by atoms with Gasteiger partial charge in [-0.2, -0.15) is 8.78 Å². The molecular weight excluding hydrogens is 154 g/mol. The van der Waals surface area contributed by atoms with Gasteiger partial charge in [-0.15, -0.1) is 0 Å². The van der Waals surface area contributed by atoms with Gasteiger partial charge in [-0.05, 0) is 6.42 Å². The van der Waals surface area contributed by atoms with Crippen LogP contribution >= 0.6 is 0 Å². The minimum absolute atomic E-state index is 0.0576. The summed E-state index contributed by atoms with van der Waals surface area (Å²) in [5.74, 6) is -5.09. The van der Waals surface area contributed by atoms with Crippen LogP contribution in [0.4, 0.5) is 8.78 Å². The molecule has 0 aliphatic rings. The highest BCUT2D eigenvalue weighted by Gasteiger charge is 2.42. The van der Waals surface area contributed by atoms with E-state index >= 15 is 0 Å². The molecule has 0 spiro atoms. The Hall–Kier alpha value is -0.930. The lowest BCUT2D eigenvalue weighted by Gasteiger charge is -2.14. The second kappa shape index (κ2) is 3.46. The number of carbonyl (C=O) groups excluding carboxylic acids is 1. The maximum absolute atomic E-state index is 12.6. The number of hydrogen-bond donors (Lipinski definition) is 0. The Morgan fingerprint density at radius 1 is 1.64 bits per heavy atom. The third-order valence-corrected chi connectivity index (χ3v) is 1.31. The van der Waals surface area contributed by atoms with Crippen LogP contribution in [0.2, 0.25) is 0 Å². The Morgan fingerprint density at radius 3 is 2.36 bits per heavy atom. The van der Waals surface area contributed by atoms with Crippen molar-refractivity contribution >= 4 is 5.97 Å². The van der Waals surface area contributed by atoms with E-state index in [0.717, 1.165) is 7.11 Å². The minimum atomic E-state index is -3.54. The molecule has 11 heavy (non-hydrogen) atoms. The Bertz CT molecular complexity index is 157. The van der Waals surface area contributed by atoms with Gasteiger partial charge < -0.3 is 4.74 Å². The van der Waals surface area contributed by atoms with Crippen LogP contribution in [0.25, 0.3) is 0 Å². The van der Waals surface area contributed by atoms with Gasteiger partial charge in [0.15, 0.2) is 0 Å². The molecule has 0 saturated heterocycles. The van der Waals surface area contributed by atoms with Crippen molar-refractivity contribution in [3.63, 3.8) is 0 Å². The van der Waals surface area contributed by atoms with Crippen LogP contribution < -0.4 is 0 Å². The van der Waals surface area contributed by atoms with Gasteiger partial charge in [0.05, 0.1) is 7.11 Å². The summed E-state index contributed by atoms with van der Waals surface area (Å²) < 4.78 is 29.2. The summed E-state index contributed by atoms with van der Waals surface area (Å²) in [7, 11) is 0.916. The molecule has 0 fully saturated rings. The molecule has 4 heteroatoms. The smallest absolute Gasteiger partial charge is 0.381 e. The average molecular weight is 164 g/mol. The Balaban J connectivity index is 4.44. The van der Waals surface area contributed by atoms with E-state index in [1.807, 2.05) is 0 Å². The third kappa shape index (κ3) is 2.00. The summed E-state index contributed by atoms with van der Waals surface area (Å²) >= 11 is 0. The first-order chi connectivity index (χ1) is 4.96. The molecule has 0 aromatic rings. The molecule has 64 valence electrons. The highest BCUT2D eigenvalue weighted by molar-refractivity contribution is 5.81. The average Bonchev–Trinajstić information content (AvgIpc) is 2.01. The van der Waals surface area contributed by atoms with Crippen LogP contribution in [0.15, 0.2) is 12.2 Å². The third-order valence-electron chi connectivity index (χ3n) is 1.31. The summed E-state index contributed by atoms with van der Waals surface area (Å²) in [5.41, 5.74) is -0.427. The molecule has 0 saturated carbocycles. The lowest BCUT2D eigenvalue weighted by atomic mass is 10.1. The molecule has 0 unspecified atom stereocenters. The van der Waals surface area contributed by atoms with E-state index in [0.29, 0.717) is 0 Å². The van der Waals surface area contributed by atoms with Crippen molar-refractivity contribution < 1.29 is 18.3 Å². The lowest BCUT2D eigenvalue weighted by molar-refractivity contribution is -0.163. The molecule has 0 aliphatic carbocycles. The summed E-state index contributed by atoms with van der Waals surface area (Å²) in [6, 6.07) is 0. The summed E-state index contributed by atoms with van der Waals surface area (Å²) in [6.07, 6.45) is 0.0576. The first-order valence-electron chi connectivity index (χ1n) is 3.11. The van der Waals surface area contributed by atoms with Crippen molar-refractivity contribution in [2.45, 2.75) is 19.3 Å². The van der Waals surface area contributed by atoms with E-state index in [1.54, 1.807) is 0 Å². The maximum Gasteiger partial charge on any atom is 0.381 e. The maximum atomic E-state index is 12.6. The van der Waals surface area contributed by atoms with Crippen LogP contribution in [0.3, 0.4) is 0 Å². The molecule has 2 nitrogen and oxygen atoms in total. The van der Waals surface area contributed by atoms with Gasteiger partial charge in [0.1, 0.15) is 0 Å². The van der Waals surface area contributed by atoms with Crippen LogP contribution in [0.1, 0.15) is 13.3 Å². The fourth-order valence-corrected chi connectivity index (χ4v) is 0.495. The zero-order chi connectivity index (χ0) is 9.07. The molecule has 0 heterocycles. The molecule has 0 atom stereocenters. The number of esters is 1. The summed E-state index contributed by atoms with van der Waals surface area (Å²) in [6.45, 7) is 4.56. The molecule has 0 bridgehead atoms. The van der Waals surface area contributed by atoms with Crippen LogP contribution in [-0.2, 0) is 9.53 Å². The molecule has 0 N–H and O–H groups in total. The van der Waals surface area contributed by atoms with Gasteiger partial charge >= 0.3 is 11.9 Å². The van der Waals surface area contributed by atoms with Gasteiger partial charge in [-0.1, -0.05) is 13.5 Å². The highest BCUT2D eigenvalue weighted by Crippen LogP contribution is 2.25. The summed E-state index contributed by atoms with van der Waals surface area (Å²) in [5, 5.41) is 0. The number of methoxy groups -OCH3 is 1. The molecule has 0 aromatic carbocycles. The fraction of sp³-hybridized carbons (Fsp3) is 0.571. The standard InChI is InChI=1S/C7H10F2O2/c1-4-5(2)7(8,9)6(10)11-3/h2,4H2,1,3H3. The molecule has 0 aromatic heterocycles. The van der Waals surface area contributed by atoms with E-state index in [4.69, 9.17) is 0 Å². The van der Waals surface area contributed by atoms with Crippen molar-refractivity contribution in [3.8, 4) is 0 Å². The van der Waals surface area contributed by atoms with Gasteiger partial charge in [-0.3, -0.25) is 0 Å². The van der Waals surface area contributed by atoms with E-state index < -0.39 is 17.5 Å². The second-order valence-corrected chi connectivity index (χ2v) is 2.02. The number of hydrogen-bond acceptors (Lipinski definition) is 2. The summed E-state index contributed by atoms with van der Waals surface area (Å²) in [4.78, 5) is 10.4. The number of carbonyl (C=O) groups is 1. The predicted molar refractivity (Wildman–Crippen MR) is 36.4 cm³/mol. The van der Waals surface area contributed by atoms with E-state index in [-0.39, 0.29) is 6.42 Å².